The molecule has 0 aromatic heterocycles. The van der Waals surface area contributed by atoms with Crippen molar-refractivity contribution in [3.8, 4) is 5.75 Å². The fourth-order valence-corrected chi connectivity index (χ4v) is 4.46. The predicted octanol–water partition coefficient (Wildman–Crippen LogP) is 2.11. The van der Waals surface area contributed by atoms with Crippen LogP contribution in [0.4, 0.5) is 9.18 Å². The average Bonchev–Trinajstić information content (AvgIpc) is 3.50. The summed E-state index contributed by atoms with van der Waals surface area (Å²) in [6, 6.07) is 3.03. The maximum atomic E-state index is 14.1. The second kappa shape index (κ2) is 11.4. The minimum Gasteiger partial charge on any atom is -0.490 e. The molecule has 9 nitrogen and oxygen atoms in total. The molecule has 2 atom stereocenters. The Morgan fingerprint density at radius 1 is 1.31 bits per heavy atom. The number of carbonyl (C=O) groups excluding carboxylic acids is 2. The van der Waals surface area contributed by atoms with Gasteiger partial charge in [-0.1, -0.05) is 12.5 Å². The van der Waals surface area contributed by atoms with E-state index in [0.717, 1.165) is 12.8 Å². The molecule has 3 amide bonds. The van der Waals surface area contributed by atoms with Gasteiger partial charge in [0.1, 0.15) is 6.54 Å². The minimum absolute atomic E-state index is 0.0627. The van der Waals surface area contributed by atoms with Crippen LogP contribution in [0.15, 0.2) is 18.2 Å². The molecule has 1 aliphatic heterocycles. The van der Waals surface area contributed by atoms with Crippen molar-refractivity contribution in [3.63, 3.8) is 0 Å². The van der Waals surface area contributed by atoms with E-state index in [1.54, 1.807) is 0 Å². The molecule has 3 N–H and O–H groups in total. The average molecular weight is 470 g/mol. The Morgan fingerprint density at radius 3 is 2.75 bits per heavy atom. The zero-order chi connectivity index (χ0) is 23.1. The summed E-state index contributed by atoms with van der Waals surface area (Å²) < 4.78 is 34.9. The van der Waals surface area contributed by atoms with Crippen LogP contribution in [0.2, 0.25) is 0 Å². The van der Waals surface area contributed by atoms with Gasteiger partial charge >= 0.3 is 12.0 Å². The Hall–Kier alpha value is -2.53. The van der Waals surface area contributed by atoms with E-state index < -0.39 is 34.8 Å². The maximum Gasteiger partial charge on any atom is 0.324 e. The van der Waals surface area contributed by atoms with Crippen LogP contribution < -0.4 is 14.8 Å². The summed E-state index contributed by atoms with van der Waals surface area (Å²) in [6.07, 6.45) is 3.78. The number of unbranched alkanes of at least 4 members (excludes halogenated alkanes) is 2. The number of nitrogens with zero attached hydrogens (tertiary/aromatic N) is 1. The number of halogens is 1. The summed E-state index contributed by atoms with van der Waals surface area (Å²) in [6.45, 7) is 0.933. The number of imide groups is 1. The van der Waals surface area contributed by atoms with Gasteiger partial charge in [-0.2, -0.15) is 0 Å². The third kappa shape index (κ3) is 7.56. The zero-order valence-electron chi connectivity index (χ0n) is 17.7. The molecule has 1 saturated carbocycles. The van der Waals surface area contributed by atoms with Crippen molar-refractivity contribution in [3.05, 3.63) is 29.6 Å². The second-order valence-corrected chi connectivity index (χ2v) is 9.43. The van der Waals surface area contributed by atoms with Crippen molar-refractivity contribution < 1.29 is 32.8 Å². The van der Waals surface area contributed by atoms with Crippen molar-refractivity contribution in [2.45, 2.75) is 44.6 Å². The first-order chi connectivity index (χ1) is 15.3. The van der Waals surface area contributed by atoms with E-state index in [-0.39, 0.29) is 24.6 Å². The standard InChI is InChI=1S/C21H28FN3O6S/c22-16-7-6-15(10-18(16)31-13-14-4-5-14)17(11-20(27)28)24-32(30)9-3-1-2-8-25-12-19(26)23-21(25)29/h6-7,10,14,17,24H,1-5,8-9,11-13H2,(H,27,28)(H,23,26,29). The van der Waals surface area contributed by atoms with Gasteiger partial charge in [0, 0.05) is 12.3 Å². The van der Waals surface area contributed by atoms with Crippen molar-refractivity contribution >= 4 is 28.9 Å². The summed E-state index contributed by atoms with van der Waals surface area (Å²) >= 11 is 0. The summed E-state index contributed by atoms with van der Waals surface area (Å²) in [4.78, 5) is 35.4. The molecule has 0 bridgehead atoms. The van der Waals surface area contributed by atoms with Gasteiger partial charge in [-0.05, 0) is 49.3 Å². The van der Waals surface area contributed by atoms with Crippen molar-refractivity contribution in [2.24, 2.45) is 5.92 Å². The van der Waals surface area contributed by atoms with Crippen LogP contribution >= 0.6 is 0 Å². The van der Waals surface area contributed by atoms with E-state index >= 15 is 0 Å². The molecule has 176 valence electrons. The molecule has 1 aromatic rings. The zero-order valence-corrected chi connectivity index (χ0v) is 18.5. The molecule has 0 spiro atoms. The molecule has 1 heterocycles. The van der Waals surface area contributed by atoms with Gasteiger partial charge in [-0.15, -0.1) is 0 Å². The second-order valence-electron chi connectivity index (χ2n) is 8.10. The number of carboxylic acids is 1. The number of benzene rings is 1. The Labute approximate surface area is 188 Å². The highest BCUT2D eigenvalue weighted by molar-refractivity contribution is 7.83. The van der Waals surface area contributed by atoms with Gasteiger partial charge in [0.2, 0.25) is 5.91 Å². The number of ether oxygens (including phenoxy) is 1. The monoisotopic (exact) mass is 469 g/mol. The first-order valence-corrected chi connectivity index (χ1v) is 12.0. The summed E-state index contributed by atoms with van der Waals surface area (Å²) in [5, 5.41) is 11.5. The van der Waals surface area contributed by atoms with E-state index in [9.17, 15) is 28.1 Å². The van der Waals surface area contributed by atoms with Gasteiger partial charge in [0.25, 0.3) is 0 Å². The van der Waals surface area contributed by atoms with Crippen LogP contribution in [-0.2, 0) is 20.6 Å². The molecule has 3 rings (SSSR count). The smallest absolute Gasteiger partial charge is 0.324 e. The molecule has 1 aromatic carbocycles. The van der Waals surface area contributed by atoms with Crippen molar-refractivity contribution in [1.29, 1.82) is 0 Å². The van der Waals surface area contributed by atoms with Crippen LogP contribution in [0.1, 0.15) is 50.1 Å². The third-order valence-electron chi connectivity index (χ3n) is 5.31. The molecule has 2 unspecified atom stereocenters. The number of hydrogen-bond donors (Lipinski definition) is 3. The molecule has 2 aliphatic rings. The van der Waals surface area contributed by atoms with Crippen molar-refractivity contribution in [2.75, 3.05) is 25.4 Å². The summed E-state index contributed by atoms with van der Waals surface area (Å²) in [7, 11) is -1.49. The van der Waals surface area contributed by atoms with E-state index in [0.29, 0.717) is 49.6 Å². The lowest BCUT2D eigenvalue weighted by Gasteiger charge is -2.18. The normalized spacial score (nSPS) is 17.8. The molecule has 1 aliphatic carbocycles. The number of carboxylic acid groups (broad SMARTS) is 1. The van der Waals surface area contributed by atoms with E-state index in [1.807, 2.05) is 0 Å². The fraction of sp³-hybridized carbons (Fsp3) is 0.571. The Balaban J connectivity index is 1.47. The van der Waals surface area contributed by atoms with Gasteiger partial charge in [0.15, 0.2) is 11.6 Å². The topological polar surface area (TPSA) is 125 Å². The van der Waals surface area contributed by atoms with Crippen LogP contribution in [0.5, 0.6) is 5.75 Å². The largest absolute Gasteiger partial charge is 0.490 e. The molecular formula is C21H28FN3O6S. The Kier molecular flexibility index (Phi) is 8.57. The highest BCUT2D eigenvalue weighted by atomic mass is 32.2. The molecule has 0 radical (unpaired) electrons. The van der Waals surface area contributed by atoms with Gasteiger partial charge in [-0.25, -0.2) is 18.1 Å². The lowest BCUT2D eigenvalue weighted by atomic mass is 10.0. The first-order valence-electron chi connectivity index (χ1n) is 10.7. The number of nitrogens with one attached hydrogen (secondary N) is 2. The number of carbonyl (C=O) groups is 3. The minimum atomic E-state index is -1.49. The number of rotatable bonds is 14. The Bertz CT molecular complexity index is 879. The van der Waals surface area contributed by atoms with Crippen molar-refractivity contribution in [1.82, 2.24) is 14.9 Å². The number of aliphatic carboxylic acids is 1. The molecule has 32 heavy (non-hydrogen) atoms. The lowest BCUT2D eigenvalue weighted by Crippen LogP contribution is -2.29. The third-order valence-corrected chi connectivity index (χ3v) is 6.51. The predicted molar refractivity (Wildman–Crippen MR) is 115 cm³/mol. The fourth-order valence-electron chi connectivity index (χ4n) is 3.34. The summed E-state index contributed by atoms with van der Waals surface area (Å²) in [5.74, 6) is -1.08. The maximum absolute atomic E-state index is 14.1. The van der Waals surface area contributed by atoms with Crippen LogP contribution in [0, 0.1) is 11.7 Å². The number of hydrogen-bond acceptors (Lipinski definition) is 5. The van der Waals surface area contributed by atoms with Crippen LogP contribution in [0.3, 0.4) is 0 Å². The van der Waals surface area contributed by atoms with Gasteiger partial charge in [-0.3, -0.25) is 14.9 Å². The molecule has 11 heteroatoms. The first kappa shape index (κ1) is 24.1. The SMILES string of the molecule is O=C(O)CC(NS(=O)CCCCCN1CC(=O)NC1=O)c1ccc(F)c(OCC2CC2)c1. The molecular weight excluding hydrogens is 441 g/mol. The van der Waals surface area contributed by atoms with Crippen LogP contribution in [0.25, 0.3) is 0 Å². The highest BCUT2D eigenvalue weighted by Crippen LogP contribution is 2.31. The quantitative estimate of drug-likeness (QED) is 0.283. The molecule has 2 fully saturated rings. The van der Waals surface area contributed by atoms with Gasteiger partial charge < -0.3 is 14.7 Å². The summed E-state index contributed by atoms with van der Waals surface area (Å²) in [5.41, 5.74) is 0.498. The van der Waals surface area contributed by atoms with E-state index in [2.05, 4.69) is 10.0 Å². The number of urea groups is 1. The Morgan fingerprint density at radius 2 is 2.09 bits per heavy atom. The van der Waals surface area contributed by atoms with Gasteiger partial charge in [0.05, 0.1) is 30.1 Å². The highest BCUT2D eigenvalue weighted by Gasteiger charge is 2.26. The lowest BCUT2D eigenvalue weighted by molar-refractivity contribution is -0.137. The number of amides is 3. The molecule has 1 saturated heterocycles. The van der Waals surface area contributed by atoms with E-state index in [4.69, 9.17) is 4.74 Å². The van der Waals surface area contributed by atoms with E-state index in [1.165, 1.54) is 23.1 Å². The van der Waals surface area contributed by atoms with Crippen LogP contribution in [-0.4, -0.2) is 57.6 Å².